The third kappa shape index (κ3) is 13.4. The molecule has 3 nitrogen and oxygen atoms in total. The molecule has 0 N–H and O–H groups in total. The van der Waals surface area contributed by atoms with E-state index in [4.69, 9.17) is 4.74 Å². The molecule has 0 atom stereocenters. The van der Waals surface area contributed by atoms with E-state index in [1.165, 1.54) is 38.6 Å². The third-order valence-electron chi connectivity index (χ3n) is 3.05. The van der Waals surface area contributed by atoms with Crippen molar-refractivity contribution in [2.75, 3.05) is 34.3 Å². The number of carbonyl (C=O) groups excluding carboxylic acids is 1. The summed E-state index contributed by atoms with van der Waals surface area (Å²) in [5.41, 5.74) is 0.484. The maximum atomic E-state index is 11.1. The molecule has 3 heteroatoms. The Balaban J connectivity index is 3.20. The highest BCUT2D eigenvalue weighted by Crippen LogP contribution is 2.08. The van der Waals surface area contributed by atoms with Crippen LogP contribution in [-0.2, 0) is 9.53 Å². The Morgan fingerprint density at radius 3 is 1.89 bits per heavy atom. The van der Waals surface area contributed by atoms with Crippen molar-refractivity contribution in [3.8, 4) is 0 Å². The lowest BCUT2D eigenvalue weighted by molar-refractivity contribution is -0.870. The number of carbonyl (C=O) groups is 1. The summed E-state index contributed by atoms with van der Waals surface area (Å²) in [5.74, 6) is -0.264. The summed E-state index contributed by atoms with van der Waals surface area (Å²) in [4.78, 5) is 11.1. The van der Waals surface area contributed by atoms with Gasteiger partial charge in [-0.3, -0.25) is 0 Å². The average Bonchev–Trinajstić information content (AvgIpc) is 2.29. The molecule has 0 heterocycles. The van der Waals surface area contributed by atoms with E-state index in [9.17, 15) is 4.79 Å². The van der Waals surface area contributed by atoms with Gasteiger partial charge in [-0.15, -0.1) is 0 Å². The molecular weight excluding hydrogens is 238 g/mol. The zero-order valence-electron chi connectivity index (χ0n) is 13.3. The summed E-state index contributed by atoms with van der Waals surface area (Å²) in [6.07, 6.45) is 8.64. The van der Waals surface area contributed by atoms with E-state index >= 15 is 0 Å². The number of quaternary nitrogens is 1. The lowest BCUT2D eigenvalue weighted by Crippen LogP contribution is -2.35. The van der Waals surface area contributed by atoms with Gasteiger partial charge in [-0.25, -0.2) is 4.79 Å². The molecule has 0 spiro atoms. The molecule has 0 saturated heterocycles. The predicted octanol–water partition coefficient (Wildman–Crippen LogP) is 3.54. The van der Waals surface area contributed by atoms with Crippen molar-refractivity contribution in [1.82, 2.24) is 0 Å². The van der Waals surface area contributed by atoms with Crippen LogP contribution in [-0.4, -0.2) is 44.7 Å². The summed E-state index contributed by atoms with van der Waals surface area (Å²) in [6.45, 7) is 7.03. The van der Waals surface area contributed by atoms with Crippen LogP contribution in [0.25, 0.3) is 0 Å². The molecule has 0 aliphatic rings. The van der Waals surface area contributed by atoms with E-state index in [-0.39, 0.29) is 5.97 Å². The molecule has 0 fully saturated rings. The van der Waals surface area contributed by atoms with Crippen LogP contribution in [0.15, 0.2) is 12.2 Å². The monoisotopic (exact) mass is 270 g/mol. The van der Waals surface area contributed by atoms with Crippen LogP contribution in [0, 0.1) is 0 Å². The third-order valence-corrected chi connectivity index (χ3v) is 3.05. The second kappa shape index (κ2) is 10.0. The van der Waals surface area contributed by atoms with Crippen LogP contribution in [0.4, 0.5) is 0 Å². The van der Waals surface area contributed by atoms with E-state index in [0.717, 1.165) is 17.3 Å². The first kappa shape index (κ1) is 18.2. The fraction of sp³-hybridized carbons (Fsp3) is 0.812. The molecule has 0 unspecified atom stereocenters. The first-order valence-corrected chi connectivity index (χ1v) is 7.46. The molecular formula is C16H32NO2+. The van der Waals surface area contributed by atoms with Gasteiger partial charge in [-0.05, 0) is 26.2 Å². The van der Waals surface area contributed by atoms with Crippen molar-refractivity contribution in [2.24, 2.45) is 0 Å². The molecule has 0 aliphatic carbocycles. The molecule has 0 aromatic heterocycles. The molecule has 0 bridgehead atoms. The first-order chi connectivity index (χ1) is 8.83. The van der Waals surface area contributed by atoms with E-state index in [1.807, 2.05) is 0 Å². The van der Waals surface area contributed by atoms with Gasteiger partial charge < -0.3 is 9.22 Å². The number of hydrogen-bond acceptors (Lipinski definition) is 2. The van der Waals surface area contributed by atoms with Crippen molar-refractivity contribution >= 4 is 5.97 Å². The van der Waals surface area contributed by atoms with Gasteiger partial charge in [0, 0.05) is 5.57 Å². The molecule has 0 aromatic carbocycles. The fourth-order valence-electron chi connectivity index (χ4n) is 1.86. The topological polar surface area (TPSA) is 26.3 Å². The maximum absolute atomic E-state index is 11.1. The Bertz CT molecular complexity index is 266. The Hall–Kier alpha value is -0.830. The van der Waals surface area contributed by atoms with Gasteiger partial charge in [0.25, 0.3) is 0 Å². The summed E-state index contributed by atoms with van der Waals surface area (Å²) in [5, 5.41) is 0. The molecule has 0 aliphatic heterocycles. The zero-order valence-corrected chi connectivity index (χ0v) is 13.3. The molecule has 0 radical (unpaired) electrons. The molecule has 19 heavy (non-hydrogen) atoms. The van der Waals surface area contributed by atoms with Crippen molar-refractivity contribution in [3.63, 3.8) is 0 Å². The predicted molar refractivity (Wildman–Crippen MR) is 81.0 cm³/mol. The SMILES string of the molecule is C=C(C)C(=O)OCCCCCCCCC[N+](C)(C)C. The van der Waals surface area contributed by atoms with Gasteiger partial charge in [0.1, 0.15) is 0 Å². The van der Waals surface area contributed by atoms with E-state index in [2.05, 4.69) is 27.7 Å². The summed E-state index contributed by atoms with van der Waals surface area (Å²) in [7, 11) is 6.73. The fourth-order valence-corrected chi connectivity index (χ4v) is 1.86. The average molecular weight is 270 g/mol. The van der Waals surface area contributed by atoms with Gasteiger partial charge in [0.2, 0.25) is 0 Å². The standard InChI is InChI=1S/C16H32NO2/c1-15(2)16(18)19-14-12-10-8-6-7-9-11-13-17(3,4)5/h1,6-14H2,2-5H3/q+1. The highest BCUT2D eigenvalue weighted by atomic mass is 16.5. The van der Waals surface area contributed by atoms with Crippen LogP contribution >= 0.6 is 0 Å². The minimum atomic E-state index is -0.264. The Morgan fingerprint density at radius 2 is 1.42 bits per heavy atom. The highest BCUT2D eigenvalue weighted by molar-refractivity contribution is 5.86. The largest absolute Gasteiger partial charge is 0.462 e. The van der Waals surface area contributed by atoms with Crippen molar-refractivity contribution in [1.29, 1.82) is 0 Å². The normalized spacial score (nSPS) is 11.4. The molecule has 112 valence electrons. The molecule has 0 amide bonds. The number of ether oxygens (including phenoxy) is 1. The number of unbranched alkanes of at least 4 members (excludes halogenated alkanes) is 6. The summed E-state index contributed by atoms with van der Waals surface area (Å²) in [6, 6.07) is 0. The summed E-state index contributed by atoms with van der Waals surface area (Å²) < 4.78 is 6.11. The number of nitrogens with zero attached hydrogens (tertiary/aromatic N) is 1. The molecule has 0 aromatic rings. The molecule has 0 saturated carbocycles. The van der Waals surface area contributed by atoms with E-state index in [0.29, 0.717) is 12.2 Å². The number of esters is 1. The minimum Gasteiger partial charge on any atom is -0.462 e. The van der Waals surface area contributed by atoms with E-state index < -0.39 is 0 Å². The number of rotatable bonds is 11. The van der Waals surface area contributed by atoms with Gasteiger partial charge in [-0.1, -0.05) is 32.3 Å². The second-order valence-corrected chi connectivity index (χ2v) is 6.41. The van der Waals surface area contributed by atoms with Crippen molar-refractivity contribution in [3.05, 3.63) is 12.2 Å². The second-order valence-electron chi connectivity index (χ2n) is 6.41. The van der Waals surface area contributed by atoms with Crippen LogP contribution in [0.2, 0.25) is 0 Å². The van der Waals surface area contributed by atoms with Crippen LogP contribution in [0.5, 0.6) is 0 Å². The quantitative estimate of drug-likeness (QED) is 0.248. The van der Waals surface area contributed by atoms with Crippen LogP contribution in [0.1, 0.15) is 51.9 Å². The molecule has 0 rings (SSSR count). The van der Waals surface area contributed by atoms with E-state index in [1.54, 1.807) is 6.92 Å². The Kier molecular flexibility index (Phi) is 9.58. The van der Waals surface area contributed by atoms with Crippen molar-refractivity contribution in [2.45, 2.75) is 51.9 Å². The maximum Gasteiger partial charge on any atom is 0.333 e. The van der Waals surface area contributed by atoms with Gasteiger partial charge in [0.15, 0.2) is 0 Å². The zero-order chi connectivity index (χ0) is 14.7. The smallest absolute Gasteiger partial charge is 0.333 e. The van der Waals surface area contributed by atoms with Gasteiger partial charge in [0.05, 0.1) is 34.3 Å². The minimum absolute atomic E-state index is 0.264. The Labute approximate surface area is 119 Å². The van der Waals surface area contributed by atoms with Gasteiger partial charge >= 0.3 is 5.97 Å². The Morgan fingerprint density at radius 1 is 0.947 bits per heavy atom. The van der Waals surface area contributed by atoms with Crippen LogP contribution in [0.3, 0.4) is 0 Å². The highest BCUT2D eigenvalue weighted by Gasteiger charge is 2.05. The summed E-state index contributed by atoms with van der Waals surface area (Å²) >= 11 is 0. The lowest BCUT2D eigenvalue weighted by atomic mass is 10.1. The van der Waals surface area contributed by atoms with Gasteiger partial charge in [-0.2, -0.15) is 0 Å². The lowest BCUT2D eigenvalue weighted by Gasteiger charge is -2.23. The van der Waals surface area contributed by atoms with Crippen molar-refractivity contribution < 1.29 is 14.0 Å². The number of hydrogen-bond donors (Lipinski definition) is 0. The first-order valence-electron chi connectivity index (χ1n) is 7.46. The van der Waals surface area contributed by atoms with Crippen LogP contribution < -0.4 is 0 Å².